The summed E-state index contributed by atoms with van der Waals surface area (Å²) in [5.74, 6) is 0.531. The molecule has 5 nitrogen and oxygen atoms in total. The van der Waals surface area contributed by atoms with Crippen molar-refractivity contribution in [3.8, 4) is 5.75 Å². The summed E-state index contributed by atoms with van der Waals surface area (Å²) in [5, 5.41) is -0.249. The van der Waals surface area contributed by atoms with Gasteiger partial charge in [-0.05, 0) is 74.4 Å². The second kappa shape index (κ2) is 7.64. The molecular weight excluding hydrogens is 360 g/mol. The van der Waals surface area contributed by atoms with Gasteiger partial charge in [-0.15, -0.1) is 0 Å². The molecule has 1 fully saturated rings. The van der Waals surface area contributed by atoms with Crippen molar-refractivity contribution in [1.82, 2.24) is 9.47 Å². The first kappa shape index (κ1) is 19.3. The van der Waals surface area contributed by atoms with E-state index in [2.05, 4.69) is 4.57 Å². The van der Waals surface area contributed by atoms with E-state index in [1.54, 1.807) is 6.08 Å². The van der Waals surface area contributed by atoms with E-state index >= 15 is 0 Å². The highest BCUT2D eigenvalue weighted by molar-refractivity contribution is 8.18. The number of aromatic nitrogens is 1. The van der Waals surface area contributed by atoms with Gasteiger partial charge in [-0.3, -0.25) is 14.5 Å². The van der Waals surface area contributed by atoms with Gasteiger partial charge in [0.05, 0.1) is 11.4 Å². The van der Waals surface area contributed by atoms with E-state index in [1.165, 1.54) is 4.90 Å². The number of benzene rings is 1. The van der Waals surface area contributed by atoms with E-state index in [0.29, 0.717) is 4.91 Å². The second-order valence-electron chi connectivity index (χ2n) is 6.84. The molecule has 0 unspecified atom stereocenters. The topological polar surface area (TPSA) is 51.5 Å². The molecule has 2 aromatic rings. The highest BCUT2D eigenvalue weighted by Crippen LogP contribution is 2.33. The fourth-order valence-electron chi connectivity index (χ4n) is 2.97. The summed E-state index contributed by atoms with van der Waals surface area (Å²) >= 11 is 0.986. The molecule has 1 aliphatic heterocycles. The van der Waals surface area contributed by atoms with Crippen LogP contribution in [0.2, 0.25) is 0 Å². The first-order valence-corrected chi connectivity index (χ1v) is 9.68. The van der Waals surface area contributed by atoms with E-state index in [-0.39, 0.29) is 24.3 Å². The van der Waals surface area contributed by atoms with E-state index in [0.717, 1.165) is 45.6 Å². The van der Waals surface area contributed by atoms with Crippen molar-refractivity contribution in [3.05, 3.63) is 57.2 Å². The predicted molar refractivity (Wildman–Crippen MR) is 109 cm³/mol. The van der Waals surface area contributed by atoms with Gasteiger partial charge in [-0.2, -0.15) is 0 Å². The normalized spacial score (nSPS) is 15.9. The Morgan fingerprint density at radius 3 is 2.52 bits per heavy atom. The minimum absolute atomic E-state index is 0.238. The van der Waals surface area contributed by atoms with Crippen LogP contribution in [0.1, 0.15) is 28.1 Å². The molecule has 0 aliphatic carbocycles. The van der Waals surface area contributed by atoms with Crippen LogP contribution in [0, 0.1) is 27.7 Å². The molecule has 142 valence electrons. The van der Waals surface area contributed by atoms with E-state index in [9.17, 15) is 9.59 Å². The maximum absolute atomic E-state index is 12.6. The van der Waals surface area contributed by atoms with Crippen molar-refractivity contribution in [3.63, 3.8) is 0 Å². The number of thioether (sulfide) groups is 1. The zero-order valence-corrected chi connectivity index (χ0v) is 17.1. The maximum atomic E-state index is 12.6. The quantitative estimate of drug-likeness (QED) is 0.718. The van der Waals surface area contributed by atoms with Crippen molar-refractivity contribution in [2.75, 3.05) is 13.2 Å². The Kier molecular flexibility index (Phi) is 5.46. The lowest BCUT2D eigenvalue weighted by Crippen LogP contribution is -2.32. The lowest BCUT2D eigenvalue weighted by molar-refractivity contribution is -0.123. The van der Waals surface area contributed by atoms with Crippen LogP contribution < -0.4 is 4.74 Å². The number of nitrogens with zero attached hydrogens (tertiary/aromatic N) is 2. The standard InChI is InChI=1S/C21H24N2O3S/c1-13-6-7-14(2)18(10-13)26-9-8-23-20(24)19(27-21(23)25)12-17-11-15(3)22(5)16(17)4/h6-7,10-12H,8-9H2,1-5H3/b19-12-. The van der Waals surface area contributed by atoms with Crippen molar-refractivity contribution < 1.29 is 14.3 Å². The van der Waals surface area contributed by atoms with Crippen LogP contribution in [-0.4, -0.2) is 33.8 Å². The molecule has 3 rings (SSSR count). The van der Waals surface area contributed by atoms with Crippen LogP contribution in [-0.2, 0) is 11.8 Å². The lowest BCUT2D eigenvalue weighted by Gasteiger charge is -2.14. The number of carbonyl (C=O) groups excluding carboxylic acids is 2. The Morgan fingerprint density at radius 2 is 1.85 bits per heavy atom. The van der Waals surface area contributed by atoms with Crippen LogP contribution in [0.15, 0.2) is 29.2 Å². The van der Waals surface area contributed by atoms with Crippen LogP contribution in [0.4, 0.5) is 4.79 Å². The first-order valence-electron chi connectivity index (χ1n) is 8.86. The van der Waals surface area contributed by atoms with E-state index < -0.39 is 0 Å². The Labute approximate surface area is 164 Å². The minimum atomic E-state index is -0.254. The summed E-state index contributed by atoms with van der Waals surface area (Å²) in [7, 11) is 1.98. The highest BCUT2D eigenvalue weighted by Gasteiger charge is 2.35. The predicted octanol–water partition coefficient (Wildman–Crippen LogP) is 4.37. The smallest absolute Gasteiger partial charge is 0.293 e. The van der Waals surface area contributed by atoms with Crippen LogP contribution >= 0.6 is 11.8 Å². The molecule has 1 aliphatic rings. The molecule has 0 atom stereocenters. The molecule has 1 aromatic heterocycles. The average molecular weight is 385 g/mol. The molecule has 6 heteroatoms. The van der Waals surface area contributed by atoms with Crippen LogP contribution in [0.25, 0.3) is 6.08 Å². The van der Waals surface area contributed by atoms with Crippen molar-refractivity contribution in [1.29, 1.82) is 0 Å². The summed E-state index contributed by atoms with van der Waals surface area (Å²) < 4.78 is 7.85. The Hall–Kier alpha value is -2.47. The number of amides is 2. The van der Waals surface area contributed by atoms with Gasteiger partial charge in [0.25, 0.3) is 11.1 Å². The summed E-state index contributed by atoms with van der Waals surface area (Å²) in [6, 6.07) is 8.00. The Bertz CT molecular complexity index is 943. The number of aryl methyl sites for hydroxylation is 3. The molecule has 1 saturated heterocycles. The molecule has 27 heavy (non-hydrogen) atoms. The molecule has 2 amide bonds. The highest BCUT2D eigenvalue weighted by atomic mass is 32.2. The molecule has 0 radical (unpaired) electrons. The molecule has 0 saturated carbocycles. The largest absolute Gasteiger partial charge is 0.491 e. The van der Waals surface area contributed by atoms with Gasteiger partial charge in [0.1, 0.15) is 12.4 Å². The number of hydrogen-bond acceptors (Lipinski definition) is 4. The first-order chi connectivity index (χ1) is 12.8. The van der Waals surface area contributed by atoms with Gasteiger partial charge in [-0.1, -0.05) is 12.1 Å². The van der Waals surface area contributed by atoms with Gasteiger partial charge in [0.15, 0.2) is 0 Å². The zero-order chi connectivity index (χ0) is 19.7. The van der Waals surface area contributed by atoms with E-state index in [1.807, 2.05) is 59.0 Å². The van der Waals surface area contributed by atoms with Gasteiger partial charge < -0.3 is 9.30 Å². The van der Waals surface area contributed by atoms with Crippen LogP contribution in [0.3, 0.4) is 0 Å². The Balaban J connectivity index is 1.68. The molecule has 1 aromatic carbocycles. The summed E-state index contributed by atoms with van der Waals surface area (Å²) in [6.45, 7) is 8.51. The Morgan fingerprint density at radius 1 is 1.11 bits per heavy atom. The molecule has 0 spiro atoms. The molecule has 0 bridgehead atoms. The number of hydrogen-bond donors (Lipinski definition) is 0. The lowest BCUT2D eigenvalue weighted by atomic mass is 10.1. The summed E-state index contributed by atoms with van der Waals surface area (Å²) in [5.41, 5.74) is 5.28. The fourth-order valence-corrected chi connectivity index (χ4v) is 3.83. The number of rotatable bonds is 5. The van der Waals surface area contributed by atoms with Crippen molar-refractivity contribution in [2.45, 2.75) is 27.7 Å². The average Bonchev–Trinajstić information content (AvgIpc) is 3.02. The zero-order valence-electron chi connectivity index (χ0n) is 16.3. The van der Waals surface area contributed by atoms with Gasteiger partial charge in [0, 0.05) is 18.4 Å². The summed E-state index contributed by atoms with van der Waals surface area (Å²) in [4.78, 5) is 26.6. The maximum Gasteiger partial charge on any atom is 0.293 e. The van der Waals surface area contributed by atoms with E-state index in [4.69, 9.17) is 4.74 Å². The third-order valence-electron chi connectivity index (χ3n) is 4.89. The van der Waals surface area contributed by atoms with Gasteiger partial charge in [-0.25, -0.2) is 0 Å². The molecule has 2 heterocycles. The third-order valence-corrected chi connectivity index (χ3v) is 5.80. The minimum Gasteiger partial charge on any atom is -0.491 e. The van der Waals surface area contributed by atoms with Crippen LogP contribution in [0.5, 0.6) is 5.75 Å². The van der Waals surface area contributed by atoms with Crippen molar-refractivity contribution >= 4 is 29.0 Å². The van der Waals surface area contributed by atoms with Crippen molar-refractivity contribution in [2.24, 2.45) is 7.05 Å². The fraction of sp³-hybridized carbons (Fsp3) is 0.333. The summed E-state index contributed by atoms with van der Waals surface area (Å²) in [6.07, 6.45) is 1.80. The number of imide groups is 1. The van der Waals surface area contributed by atoms with Gasteiger partial charge >= 0.3 is 0 Å². The third kappa shape index (κ3) is 3.95. The number of ether oxygens (including phenoxy) is 1. The SMILES string of the molecule is Cc1ccc(C)c(OCCN2C(=O)S/C(=C\c3cc(C)n(C)c3C)C2=O)c1. The molecular formula is C21H24N2O3S. The van der Waals surface area contributed by atoms with Gasteiger partial charge in [0.2, 0.25) is 0 Å². The second-order valence-corrected chi connectivity index (χ2v) is 7.83. The monoisotopic (exact) mass is 384 g/mol. The number of carbonyl (C=O) groups is 2. The molecule has 0 N–H and O–H groups in total.